The van der Waals surface area contributed by atoms with Crippen molar-refractivity contribution in [2.45, 2.75) is 31.1 Å². The van der Waals surface area contributed by atoms with Gasteiger partial charge in [-0.05, 0) is 37.3 Å². The summed E-state index contributed by atoms with van der Waals surface area (Å²) in [6.45, 7) is 2.00. The van der Waals surface area contributed by atoms with Crippen molar-refractivity contribution in [1.29, 1.82) is 0 Å². The van der Waals surface area contributed by atoms with Gasteiger partial charge in [-0.2, -0.15) is 11.8 Å². The zero-order chi connectivity index (χ0) is 14.3. The number of carbonyl (C=O) groups excluding carboxylic acids is 1. The third kappa shape index (κ3) is 5.97. The highest BCUT2D eigenvalue weighted by Gasteiger charge is 2.17. The monoisotopic (exact) mass is 345 g/mol. The minimum absolute atomic E-state index is 0.0185. The molecule has 2 unspecified atom stereocenters. The Kier molecular flexibility index (Phi) is 7.49. The minimum atomic E-state index is -0.0185. The van der Waals surface area contributed by atoms with Crippen LogP contribution in [-0.2, 0) is 11.2 Å². The van der Waals surface area contributed by atoms with Gasteiger partial charge in [0.05, 0.1) is 6.61 Å². The molecule has 19 heavy (non-hydrogen) atoms. The number of rotatable bonds is 7. The first kappa shape index (κ1) is 16.5. The Labute approximate surface area is 127 Å². The molecular weight excluding hydrogens is 326 g/mol. The molecule has 2 N–H and O–H groups in total. The fourth-order valence-electron chi connectivity index (χ4n) is 1.81. The molecule has 106 valence electrons. The van der Waals surface area contributed by atoms with E-state index in [1.807, 2.05) is 37.4 Å². The van der Waals surface area contributed by atoms with Gasteiger partial charge in [0.1, 0.15) is 0 Å². The summed E-state index contributed by atoms with van der Waals surface area (Å²) in [5.74, 6) is 0.0278. The van der Waals surface area contributed by atoms with Crippen molar-refractivity contribution in [3.05, 3.63) is 34.3 Å². The topological polar surface area (TPSA) is 49.3 Å². The number of hydrogen-bond donors (Lipinski definition) is 2. The molecular formula is C14H20BrNO2S. The largest absolute Gasteiger partial charge is 0.395 e. The predicted octanol–water partition coefficient (Wildman–Crippen LogP) is 2.61. The van der Waals surface area contributed by atoms with Gasteiger partial charge in [-0.25, -0.2) is 0 Å². The molecule has 1 amide bonds. The normalized spacial score (nSPS) is 13.9. The predicted molar refractivity (Wildman–Crippen MR) is 84.5 cm³/mol. The molecule has 1 aromatic carbocycles. The Morgan fingerprint density at radius 3 is 2.84 bits per heavy atom. The first-order chi connectivity index (χ1) is 9.06. The Hall–Kier alpha value is -0.520. The van der Waals surface area contributed by atoms with Gasteiger partial charge in [0.25, 0.3) is 0 Å². The number of amides is 1. The maximum atomic E-state index is 11.8. The molecule has 3 nitrogen and oxygen atoms in total. The van der Waals surface area contributed by atoms with Crippen LogP contribution in [0.2, 0.25) is 0 Å². The number of hydrogen-bond acceptors (Lipinski definition) is 3. The van der Waals surface area contributed by atoms with Gasteiger partial charge in [-0.15, -0.1) is 0 Å². The summed E-state index contributed by atoms with van der Waals surface area (Å²) in [6, 6.07) is 7.95. The van der Waals surface area contributed by atoms with E-state index >= 15 is 0 Å². The van der Waals surface area contributed by atoms with Crippen LogP contribution in [0.3, 0.4) is 0 Å². The maximum absolute atomic E-state index is 11.8. The molecule has 0 saturated heterocycles. The van der Waals surface area contributed by atoms with Crippen LogP contribution < -0.4 is 5.32 Å². The van der Waals surface area contributed by atoms with Crippen molar-refractivity contribution >= 4 is 33.6 Å². The van der Waals surface area contributed by atoms with Crippen LogP contribution in [-0.4, -0.2) is 35.2 Å². The third-order valence-electron chi connectivity index (χ3n) is 2.96. The molecule has 5 heteroatoms. The zero-order valence-electron chi connectivity index (χ0n) is 11.2. The summed E-state index contributed by atoms with van der Waals surface area (Å²) in [4.78, 5) is 11.8. The quantitative estimate of drug-likeness (QED) is 0.798. The van der Waals surface area contributed by atoms with Crippen LogP contribution in [0, 0.1) is 0 Å². The molecule has 0 spiro atoms. The number of carbonyl (C=O) groups is 1. The highest BCUT2D eigenvalue weighted by atomic mass is 79.9. The van der Waals surface area contributed by atoms with E-state index in [1.54, 1.807) is 11.8 Å². The number of nitrogens with one attached hydrogen (secondary N) is 1. The Bertz CT molecular complexity index is 410. The fourth-order valence-corrected chi connectivity index (χ4v) is 2.88. The second kappa shape index (κ2) is 8.61. The van der Waals surface area contributed by atoms with Crippen molar-refractivity contribution in [3.63, 3.8) is 0 Å². The van der Waals surface area contributed by atoms with Gasteiger partial charge in [0.15, 0.2) is 0 Å². The summed E-state index contributed by atoms with van der Waals surface area (Å²) in [5, 5.41) is 12.2. The summed E-state index contributed by atoms with van der Waals surface area (Å²) in [7, 11) is 0. The van der Waals surface area contributed by atoms with Gasteiger partial charge in [-0.3, -0.25) is 4.79 Å². The van der Waals surface area contributed by atoms with E-state index in [0.717, 1.165) is 16.5 Å². The lowest BCUT2D eigenvalue weighted by atomic mass is 10.1. The number of benzene rings is 1. The standard InChI is InChI=1S/C14H20BrNO2S/c1-10(13(9-17)19-2)16-14(18)7-6-11-4-3-5-12(15)8-11/h3-5,8,10,13,17H,6-7,9H2,1-2H3,(H,16,18). The van der Waals surface area contributed by atoms with Gasteiger partial charge < -0.3 is 10.4 Å². The SMILES string of the molecule is CSC(CO)C(C)NC(=O)CCc1cccc(Br)c1. The third-order valence-corrected chi connectivity index (χ3v) is 4.61. The molecule has 0 heterocycles. The lowest BCUT2D eigenvalue weighted by Crippen LogP contribution is -2.41. The van der Waals surface area contributed by atoms with Crippen molar-refractivity contribution < 1.29 is 9.90 Å². The maximum Gasteiger partial charge on any atom is 0.220 e. The molecule has 0 bridgehead atoms. The Morgan fingerprint density at radius 1 is 1.53 bits per heavy atom. The van der Waals surface area contributed by atoms with E-state index in [1.165, 1.54) is 0 Å². The second-order valence-corrected chi connectivity index (χ2v) is 6.44. The van der Waals surface area contributed by atoms with E-state index in [9.17, 15) is 9.90 Å². The van der Waals surface area contributed by atoms with Crippen LogP contribution in [0.4, 0.5) is 0 Å². The molecule has 2 atom stereocenters. The van der Waals surface area contributed by atoms with Crippen molar-refractivity contribution in [1.82, 2.24) is 5.32 Å². The van der Waals surface area contributed by atoms with Crippen LogP contribution in [0.5, 0.6) is 0 Å². The Balaban J connectivity index is 2.39. The molecule has 0 aliphatic heterocycles. The van der Waals surface area contributed by atoms with Crippen molar-refractivity contribution in [2.24, 2.45) is 0 Å². The second-order valence-electron chi connectivity index (χ2n) is 4.44. The highest BCUT2D eigenvalue weighted by Crippen LogP contribution is 2.13. The van der Waals surface area contributed by atoms with E-state index in [2.05, 4.69) is 21.2 Å². The summed E-state index contributed by atoms with van der Waals surface area (Å²) in [6.07, 6.45) is 3.12. The number of halogens is 1. The number of aliphatic hydroxyl groups excluding tert-OH is 1. The van der Waals surface area contributed by atoms with E-state index in [-0.39, 0.29) is 23.8 Å². The molecule has 0 radical (unpaired) electrons. The number of thioether (sulfide) groups is 1. The van der Waals surface area contributed by atoms with Crippen molar-refractivity contribution in [2.75, 3.05) is 12.9 Å². The molecule has 0 saturated carbocycles. The summed E-state index contributed by atoms with van der Waals surface area (Å²) >= 11 is 4.98. The number of aryl methyl sites for hydroxylation is 1. The highest BCUT2D eigenvalue weighted by molar-refractivity contribution is 9.10. The number of aliphatic hydroxyl groups is 1. The molecule has 0 fully saturated rings. The average Bonchev–Trinajstić information content (AvgIpc) is 2.38. The van der Waals surface area contributed by atoms with Crippen LogP contribution in [0.25, 0.3) is 0 Å². The van der Waals surface area contributed by atoms with Gasteiger partial charge >= 0.3 is 0 Å². The molecule has 0 aliphatic rings. The lowest BCUT2D eigenvalue weighted by molar-refractivity contribution is -0.121. The van der Waals surface area contributed by atoms with Crippen LogP contribution in [0.15, 0.2) is 28.7 Å². The van der Waals surface area contributed by atoms with Crippen LogP contribution >= 0.6 is 27.7 Å². The van der Waals surface area contributed by atoms with Gasteiger partial charge in [0, 0.05) is 22.2 Å². The molecule has 0 aromatic heterocycles. The van der Waals surface area contributed by atoms with Crippen molar-refractivity contribution in [3.8, 4) is 0 Å². The van der Waals surface area contributed by atoms with Crippen LogP contribution in [0.1, 0.15) is 18.9 Å². The summed E-state index contributed by atoms with van der Waals surface area (Å²) in [5.41, 5.74) is 1.14. The van der Waals surface area contributed by atoms with Gasteiger partial charge in [-0.1, -0.05) is 28.1 Å². The smallest absolute Gasteiger partial charge is 0.220 e. The Morgan fingerprint density at radius 2 is 2.26 bits per heavy atom. The lowest BCUT2D eigenvalue weighted by Gasteiger charge is -2.21. The van der Waals surface area contributed by atoms with E-state index in [4.69, 9.17) is 0 Å². The molecule has 0 aliphatic carbocycles. The minimum Gasteiger partial charge on any atom is -0.395 e. The molecule has 1 rings (SSSR count). The molecule has 1 aromatic rings. The van der Waals surface area contributed by atoms with E-state index in [0.29, 0.717) is 6.42 Å². The fraction of sp³-hybridized carbons (Fsp3) is 0.500. The van der Waals surface area contributed by atoms with E-state index < -0.39 is 0 Å². The van der Waals surface area contributed by atoms with Gasteiger partial charge in [0.2, 0.25) is 5.91 Å². The summed E-state index contributed by atoms with van der Waals surface area (Å²) < 4.78 is 1.03. The average molecular weight is 346 g/mol. The zero-order valence-corrected chi connectivity index (χ0v) is 13.6. The first-order valence-corrected chi connectivity index (χ1v) is 8.32. The first-order valence-electron chi connectivity index (χ1n) is 6.24.